The molecule has 0 aliphatic rings. The van der Waals surface area contributed by atoms with E-state index in [2.05, 4.69) is 91.3 Å². The number of rotatable bonds is 4. The second-order valence-corrected chi connectivity index (χ2v) is 7.38. The number of hydrogen-bond acceptors (Lipinski definition) is 3. The first-order chi connectivity index (χ1) is 14.8. The van der Waals surface area contributed by atoms with E-state index in [0.29, 0.717) is 0 Å². The molecular weight excluding hydrogens is 392 g/mol. The molecule has 0 aliphatic heterocycles. The van der Waals surface area contributed by atoms with E-state index in [9.17, 15) is 0 Å². The van der Waals surface area contributed by atoms with Crippen molar-refractivity contribution in [2.24, 2.45) is 0 Å². The summed E-state index contributed by atoms with van der Waals surface area (Å²) in [7, 11) is 0. The second kappa shape index (κ2) is 9.34. The minimum absolute atomic E-state index is 0.837. The molecule has 0 saturated carbocycles. The molecule has 1 heterocycles. The molecule has 0 saturated heterocycles. The lowest BCUT2D eigenvalue weighted by Crippen LogP contribution is -2.09. The van der Waals surface area contributed by atoms with Crippen molar-refractivity contribution in [3.63, 3.8) is 0 Å². The van der Waals surface area contributed by atoms with Crippen molar-refractivity contribution in [2.75, 3.05) is 5.32 Å². The summed E-state index contributed by atoms with van der Waals surface area (Å²) in [6.45, 7) is 8.35. The first kappa shape index (κ1) is 21.9. The summed E-state index contributed by atoms with van der Waals surface area (Å²) in [6.07, 6.45) is 0. The number of fused-ring (bicyclic) bond motifs is 3. The van der Waals surface area contributed by atoms with Gasteiger partial charge in [-0.15, -0.1) is 0 Å². The molecule has 6 heteroatoms. The van der Waals surface area contributed by atoms with Crippen molar-refractivity contribution in [3.05, 3.63) is 77.4 Å². The molecule has 0 amide bonds. The largest absolute Gasteiger partial charge is 0.473 e. The Morgan fingerprint density at radius 3 is 2.16 bits per heavy atom. The van der Waals surface area contributed by atoms with Crippen molar-refractivity contribution in [1.82, 2.24) is 4.57 Å². The Morgan fingerprint density at radius 2 is 1.52 bits per heavy atom. The number of hydrogen-bond donors (Lipinski definition) is 3. The van der Waals surface area contributed by atoms with E-state index < -0.39 is 11.9 Å². The number of carboxylic acid groups (broad SMARTS) is 2. The fourth-order valence-electron chi connectivity index (χ4n) is 3.61. The molecule has 160 valence electrons. The van der Waals surface area contributed by atoms with Gasteiger partial charge in [-0.1, -0.05) is 30.3 Å². The third-order valence-electron chi connectivity index (χ3n) is 5.34. The van der Waals surface area contributed by atoms with Gasteiger partial charge in [0.1, 0.15) is 0 Å². The Labute approximate surface area is 180 Å². The Balaban J connectivity index is 0.000000401. The quantitative estimate of drug-likeness (QED) is 0.396. The van der Waals surface area contributed by atoms with Gasteiger partial charge in [0.25, 0.3) is 0 Å². The molecule has 0 spiro atoms. The van der Waals surface area contributed by atoms with Crippen LogP contribution in [0.2, 0.25) is 0 Å². The van der Waals surface area contributed by atoms with E-state index in [-0.39, 0.29) is 0 Å². The predicted molar refractivity (Wildman–Crippen MR) is 124 cm³/mol. The average molecular weight is 418 g/mol. The molecule has 31 heavy (non-hydrogen) atoms. The van der Waals surface area contributed by atoms with Gasteiger partial charge in [-0.3, -0.25) is 0 Å². The highest BCUT2D eigenvalue weighted by Crippen LogP contribution is 2.30. The van der Waals surface area contributed by atoms with Gasteiger partial charge in [0, 0.05) is 40.6 Å². The van der Waals surface area contributed by atoms with Crippen LogP contribution in [0.25, 0.3) is 21.8 Å². The number of para-hydroxylation sites is 1. The van der Waals surface area contributed by atoms with E-state index in [4.69, 9.17) is 19.8 Å². The van der Waals surface area contributed by atoms with E-state index in [1.165, 1.54) is 44.2 Å². The molecule has 6 nitrogen and oxygen atoms in total. The molecule has 1 aromatic heterocycles. The van der Waals surface area contributed by atoms with Gasteiger partial charge in [-0.05, 0) is 67.8 Å². The van der Waals surface area contributed by atoms with E-state index in [1.807, 2.05) is 0 Å². The Bertz CT molecular complexity index is 1250. The van der Waals surface area contributed by atoms with Gasteiger partial charge in [0.2, 0.25) is 0 Å². The van der Waals surface area contributed by atoms with Crippen LogP contribution in [0.15, 0.2) is 60.7 Å². The Morgan fingerprint density at radius 1 is 0.839 bits per heavy atom. The fourth-order valence-corrected chi connectivity index (χ4v) is 3.61. The smallest absolute Gasteiger partial charge is 0.414 e. The number of aryl methyl sites for hydroxylation is 3. The standard InChI is InChI=1S/C23H24N2.C2H2O4/c1-4-25-22-8-6-5-7-20(22)21-14-18(10-12-23(21)25)15-24-19-11-9-16(2)17(3)13-19;3-1(4)2(5)6/h5-14,24H,4,15H2,1-3H3;(H,3,4)(H,5,6). The number of aromatic nitrogens is 1. The minimum Gasteiger partial charge on any atom is -0.473 e. The first-order valence-corrected chi connectivity index (χ1v) is 10.1. The molecule has 0 bridgehead atoms. The number of carbonyl (C=O) groups is 2. The molecule has 4 aromatic rings. The summed E-state index contributed by atoms with van der Waals surface area (Å²) in [5.41, 5.74) is 7.78. The zero-order valence-electron chi connectivity index (χ0n) is 17.8. The molecule has 0 fully saturated rings. The maximum atomic E-state index is 9.10. The van der Waals surface area contributed by atoms with Gasteiger partial charge in [-0.25, -0.2) is 9.59 Å². The maximum Gasteiger partial charge on any atom is 0.414 e. The van der Waals surface area contributed by atoms with Crippen molar-refractivity contribution < 1.29 is 19.8 Å². The average Bonchev–Trinajstić information content (AvgIpc) is 3.08. The van der Waals surface area contributed by atoms with E-state index >= 15 is 0 Å². The van der Waals surface area contributed by atoms with Crippen LogP contribution in [0.5, 0.6) is 0 Å². The van der Waals surface area contributed by atoms with E-state index in [0.717, 1.165) is 13.1 Å². The van der Waals surface area contributed by atoms with Gasteiger partial charge < -0.3 is 20.1 Å². The molecule has 0 radical (unpaired) electrons. The summed E-state index contributed by atoms with van der Waals surface area (Å²) >= 11 is 0. The lowest BCUT2D eigenvalue weighted by molar-refractivity contribution is -0.159. The summed E-state index contributed by atoms with van der Waals surface area (Å²) in [5.74, 6) is -3.65. The van der Waals surface area contributed by atoms with Crippen LogP contribution in [-0.2, 0) is 22.7 Å². The van der Waals surface area contributed by atoms with Gasteiger partial charge >= 0.3 is 11.9 Å². The van der Waals surface area contributed by atoms with Crippen molar-refractivity contribution in [3.8, 4) is 0 Å². The predicted octanol–water partition coefficient (Wildman–Crippen LogP) is 5.20. The molecule has 3 N–H and O–H groups in total. The number of carboxylic acids is 2. The topological polar surface area (TPSA) is 91.6 Å². The highest BCUT2D eigenvalue weighted by Gasteiger charge is 2.09. The maximum absolute atomic E-state index is 9.10. The molecular formula is C25H26N2O4. The third kappa shape index (κ3) is 4.86. The van der Waals surface area contributed by atoms with Crippen LogP contribution in [-0.4, -0.2) is 26.7 Å². The lowest BCUT2D eigenvalue weighted by Gasteiger charge is -2.09. The second-order valence-electron chi connectivity index (χ2n) is 7.38. The van der Waals surface area contributed by atoms with Gasteiger partial charge in [0.15, 0.2) is 0 Å². The lowest BCUT2D eigenvalue weighted by atomic mass is 10.1. The molecule has 3 aromatic carbocycles. The highest BCUT2D eigenvalue weighted by molar-refractivity contribution is 6.27. The molecule has 0 aliphatic carbocycles. The zero-order chi connectivity index (χ0) is 22.5. The van der Waals surface area contributed by atoms with Crippen LogP contribution in [0.3, 0.4) is 0 Å². The van der Waals surface area contributed by atoms with Crippen LogP contribution >= 0.6 is 0 Å². The molecule has 0 atom stereocenters. The van der Waals surface area contributed by atoms with E-state index in [1.54, 1.807) is 0 Å². The van der Waals surface area contributed by atoms with Crippen molar-refractivity contribution >= 4 is 39.4 Å². The summed E-state index contributed by atoms with van der Waals surface area (Å²) in [6, 6.07) is 22.1. The molecule has 0 unspecified atom stereocenters. The number of nitrogens with zero attached hydrogens (tertiary/aromatic N) is 1. The molecule has 4 rings (SSSR count). The number of anilines is 1. The number of nitrogens with one attached hydrogen (secondary N) is 1. The van der Waals surface area contributed by atoms with Crippen LogP contribution in [0.4, 0.5) is 5.69 Å². The summed E-state index contributed by atoms with van der Waals surface area (Å²) < 4.78 is 2.39. The van der Waals surface area contributed by atoms with Crippen LogP contribution in [0.1, 0.15) is 23.6 Å². The van der Waals surface area contributed by atoms with Crippen molar-refractivity contribution in [1.29, 1.82) is 0 Å². The normalized spacial score (nSPS) is 10.5. The summed E-state index contributed by atoms with van der Waals surface area (Å²) in [5, 5.41) is 21.0. The zero-order valence-corrected chi connectivity index (χ0v) is 17.8. The Kier molecular flexibility index (Phi) is 6.60. The number of benzene rings is 3. The highest BCUT2D eigenvalue weighted by atomic mass is 16.4. The van der Waals surface area contributed by atoms with Crippen LogP contribution < -0.4 is 5.32 Å². The van der Waals surface area contributed by atoms with Gasteiger partial charge in [0.05, 0.1) is 0 Å². The van der Waals surface area contributed by atoms with Crippen LogP contribution in [0, 0.1) is 13.8 Å². The first-order valence-electron chi connectivity index (χ1n) is 10.1. The summed E-state index contributed by atoms with van der Waals surface area (Å²) in [4.78, 5) is 18.2. The third-order valence-corrected chi connectivity index (χ3v) is 5.34. The SMILES string of the molecule is CCn1c2ccccc2c2cc(CNc3ccc(C)c(C)c3)ccc21.O=C(O)C(=O)O. The monoisotopic (exact) mass is 418 g/mol. The number of aliphatic carboxylic acids is 2. The minimum atomic E-state index is -1.82. The fraction of sp³-hybridized carbons (Fsp3) is 0.200. The van der Waals surface area contributed by atoms with Crippen molar-refractivity contribution in [2.45, 2.75) is 33.9 Å². The van der Waals surface area contributed by atoms with Gasteiger partial charge in [-0.2, -0.15) is 0 Å². The Hall–Kier alpha value is -3.80.